The third kappa shape index (κ3) is 3.80. The molecule has 7 nitrogen and oxygen atoms in total. The molecule has 0 atom stereocenters. The van der Waals surface area contributed by atoms with Gasteiger partial charge in [-0.2, -0.15) is 4.98 Å². The first-order valence-corrected chi connectivity index (χ1v) is 10.8. The average Bonchev–Trinajstić information content (AvgIpc) is 2.86. The fourth-order valence-electron chi connectivity index (χ4n) is 3.82. The summed E-state index contributed by atoms with van der Waals surface area (Å²) in [6, 6.07) is 19.1. The van der Waals surface area contributed by atoms with E-state index >= 15 is 0 Å². The first-order valence-electron chi connectivity index (χ1n) is 10.4. The molecule has 5 rings (SSSR count). The normalized spacial score (nSPS) is 11.1. The highest BCUT2D eigenvalue weighted by Gasteiger charge is 2.19. The maximum atomic E-state index is 13.7. The molecule has 0 N–H and O–H groups in total. The van der Waals surface area contributed by atoms with Gasteiger partial charge >= 0.3 is 0 Å². The van der Waals surface area contributed by atoms with Crippen LogP contribution in [0.1, 0.15) is 5.56 Å². The van der Waals surface area contributed by atoms with E-state index in [2.05, 4.69) is 4.98 Å². The predicted molar refractivity (Wildman–Crippen MR) is 131 cm³/mol. The van der Waals surface area contributed by atoms with Crippen LogP contribution in [0, 0.1) is 0 Å². The van der Waals surface area contributed by atoms with Crippen molar-refractivity contribution >= 4 is 33.7 Å². The van der Waals surface area contributed by atoms with Crippen molar-refractivity contribution in [3.8, 4) is 22.9 Å². The molecule has 0 radical (unpaired) electrons. The molecule has 0 saturated heterocycles. The van der Waals surface area contributed by atoms with Crippen molar-refractivity contribution in [2.45, 2.75) is 6.54 Å². The van der Waals surface area contributed by atoms with Crippen molar-refractivity contribution in [3.63, 3.8) is 0 Å². The highest BCUT2D eigenvalue weighted by molar-refractivity contribution is 6.30. The zero-order valence-electron chi connectivity index (χ0n) is 18.4. The average molecular weight is 475 g/mol. The third-order valence-electron chi connectivity index (χ3n) is 5.61. The Balaban J connectivity index is 1.80. The molecule has 0 fully saturated rings. The van der Waals surface area contributed by atoms with Crippen LogP contribution in [0.2, 0.25) is 5.02 Å². The molecule has 0 aliphatic carbocycles. The second-order valence-electron chi connectivity index (χ2n) is 7.66. The van der Waals surface area contributed by atoms with Crippen molar-refractivity contribution in [1.29, 1.82) is 0 Å². The van der Waals surface area contributed by atoms with E-state index in [1.807, 2.05) is 24.3 Å². The number of benzene rings is 3. The number of halogens is 1. The fraction of sp³-hybridized carbons (Fsp3) is 0.115. The summed E-state index contributed by atoms with van der Waals surface area (Å²) in [7, 11) is 3.11. The Morgan fingerprint density at radius 3 is 2.26 bits per heavy atom. The number of hydrogen-bond acceptors (Lipinski definition) is 6. The summed E-state index contributed by atoms with van der Waals surface area (Å²) in [6.45, 7) is 0.198. The van der Waals surface area contributed by atoms with Crippen molar-refractivity contribution in [2.75, 3.05) is 14.2 Å². The molecule has 0 amide bonds. The first-order chi connectivity index (χ1) is 16.5. The minimum atomic E-state index is -0.489. The summed E-state index contributed by atoms with van der Waals surface area (Å²) in [5, 5.41) is 0.726. The summed E-state index contributed by atoms with van der Waals surface area (Å²) < 4.78 is 17.9. The van der Waals surface area contributed by atoms with E-state index in [0.29, 0.717) is 33.5 Å². The summed E-state index contributed by atoms with van der Waals surface area (Å²) in [5.41, 5.74) is 0.824. The molecule has 34 heavy (non-hydrogen) atoms. The Bertz CT molecular complexity index is 1640. The van der Waals surface area contributed by atoms with Gasteiger partial charge in [-0.3, -0.25) is 14.2 Å². The minimum Gasteiger partial charge on any atom is -0.497 e. The molecule has 8 heteroatoms. The van der Waals surface area contributed by atoms with E-state index in [0.717, 1.165) is 5.56 Å². The van der Waals surface area contributed by atoms with Crippen LogP contribution >= 0.6 is 11.6 Å². The molecule has 170 valence electrons. The Morgan fingerprint density at radius 2 is 1.59 bits per heavy atom. The number of fused-ring (bicyclic) bond motifs is 2. The van der Waals surface area contributed by atoms with Gasteiger partial charge in [-0.25, -0.2) is 0 Å². The van der Waals surface area contributed by atoms with Crippen LogP contribution in [0.3, 0.4) is 0 Å². The van der Waals surface area contributed by atoms with Crippen LogP contribution in [0.25, 0.3) is 33.5 Å². The summed E-state index contributed by atoms with van der Waals surface area (Å²) in [4.78, 5) is 31.6. The fourth-order valence-corrected chi connectivity index (χ4v) is 3.95. The SMILES string of the molecule is COc1ccc(Cn2c(-c3ccc(Cl)cc3)nc3oc4cc(OC)ccc4c(=O)c3c2=O)cc1. The van der Waals surface area contributed by atoms with E-state index in [-0.39, 0.29) is 23.0 Å². The molecule has 0 unspecified atom stereocenters. The Morgan fingerprint density at radius 1 is 0.912 bits per heavy atom. The lowest BCUT2D eigenvalue weighted by atomic mass is 10.1. The molecule has 0 aliphatic rings. The van der Waals surface area contributed by atoms with Crippen molar-refractivity contribution < 1.29 is 13.9 Å². The number of methoxy groups -OCH3 is 2. The number of hydrogen-bond donors (Lipinski definition) is 0. The molecule has 0 bridgehead atoms. The van der Waals surface area contributed by atoms with Crippen LogP contribution in [-0.2, 0) is 6.54 Å². The smallest absolute Gasteiger partial charge is 0.269 e. The minimum absolute atomic E-state index is 0.0355. The quantitative estimate of drug-likeness (QED) is 0.337. The van der Waals surface area contributed by atoms with Crippen LogP contribution < -0.4 is 20.5 Å². The molecular weight excluding hydrogens is 456 g/mol. The van der Waals surface area contributed by atoms with Crippen molar-refractivity contribution in [3.05, 3.63) is 97.9 Å². The van der Waals surface area contributed by atoms with Crippen LogP contribution in [0.15, 0.2) is 80.7 Å². The lowest BCUT2D eigenvalue weighted by Gasteiger charge is -2.14. The van der Waals surface area contributed by atoms with Gasteiger partial charge in [-0.1, -0.05) is 23.7 Å². The van der Waals surface area contributed by atoms with Gasteiger partial charge in [0.25, 0.3) is 5.56 Å². The van der Waals surface area contributed by atoms with Crippen LogP contribution in [0.5, 0.6) is 11.5 Å². The van der Waals surface area contributed by atoms with Gasteiger partial charge in [-0.05, 0) is 54.1 Å². The standard InChI is InChI=1S/C26H19ClN2O5/c1-32-18-9-3-15(4-10-18)14-29-24(16-5-7-17(27)8-6-16)28-25-22(26(29)31)23(30)20-12-11-19(33-2)13-21(20)34-25/h3-13H,14H2,1-2H3. The molecular formula is C26H19ClN2O5. The van der Waals surface area contributed by atoms with Crippen LogP contribution in [-0.4, -0.2) is 23.8 Å². The zero-order valence-corrected chi connectivity index (χ0v) is 19.1. The van der Waals surface area contributed by atoms with Gasteiger partial charge in [0.2, 0.25) is 11.1 Å². The van der Waals surface area contributed by atoms with Crippen molar-refractivity contribution in [2.24, 2.45) is 0 Å². The van der Waals surface area contributed by atoms with E-state index in [9.17, 15) is 9.59 Å². The molecule has 5 aromatic rings. The van der Waals surface area contributed by atoms with Gasteiger partial charge in [0.1, 0.15) is 22.9 Å². The third-order valence-corrected chi connectivity index (χ3v) is 5.86. The first kappa shape index (κ1) is 21.7. The Kier molecular flexibility index (Phi) is 5.55. The lowest BCUT2D eigenvalue weighted by molar-refractivity contribution is 0.414. The molecule has 0 spiro atoms. The van der Waals surface area contributed by atoms with Gasteiger partial charge < -0.3 is 13.9 Å². The number of ether oxygens (including phenoxy) is 2. The number of nitrogens with zero attached hydrogens (tertiary/aromatic N) is 2. The maximum absolute atomic E-state index is 13.7. The van der Waals surface area contributed by atoms with E-state index in [1.165, 1.54) is 11.7 Å². The Hall–Kier alpha value is -4.10. The topological polar surface area (TPSA) is 83.6 Å². The van der Waals surface area contributed by atoms with E-state index < -0.39 is 11.0 Å². The summed E-state index contributed by atoms with van der Waals surface area (Å²) in [6.07, 6.45) is 0. The highest BCUT2D eigenvalue weighted by Crippen LogP contribution is 2.25. The van der Waals surface area contributed by atoms with Gasteiger partial charge in [0.15, 0.2) is 5.39 Å². The molecule has 0 saturated carbocycles. The lowest BCUT2D eigenvalue weighted by Crippen LogP contribution is -2.28. The number of rotatable bonds is 5. The molecule has 0 aliphatic heterocycles. The monoisotopic (exact) mass is 474 g/mol. The van der Waals surface area contributed by atoms with Crippen LogP contribution in [0.4, 0.5) is 0 Å². The second kappa shape index (κ2) is 8.68. The van der Waals surface area contributed by atoms with E-state index in [4.69, 9.17) is 25.5 Å². The molecule has 2 aromatic heterocycles. The maximum Gasteiger partial charge on any atom is 0.269 e. The molecule has 3 aromatic carbocycles. The Labute approximate surface area is 198 Å². The second-order valence-corrected chi connectivity index (χ2v) is 8.09. The van der Waals surface area contributed by atoms with Gasteiger partial charge in [0, 0.05) is 16.7 Å². The summed E-state index contributed by atoms with van der Waals surface area (Å²) in [5.74, 6) is 1.59. The molecule has 2 heterocycles. The number of aromatic nitrogens is 2. The van der Waals surface area contributed by atoms with Gasteiger partial charge in [-0.15, -0.1) is 0 Å². The zero-order chi connectivity index (χ0) is 23.8. The predicted octanol–water partition coefficient (Wildman–Crippen LogP) is 4.89. The summed E-state index contributed by atoms with van der Waals surface area (Å²) >= 11 is 6.07. The highest BCUT2D eigenvalue weighted by atomic mass is 35.5. The van der Waals surface area contributed by atoms with E-state index in [1.54, 1.807) is 49.6 Å². The largest absolute Gasteiger partial charge is 0.497 e. The van der Waals surface area contributed by atoms with Gasteiger partial charge in [0.05, 0.1) is 26.2 Å². The van der Waals surface area contributed by atoms with Crippen molar-refractivity contribution in [1.82, 2.24) is 9.55 Å².